The summed E-state index contributed by atoms with van der Waals surface area (Å²) in [7, 11) is 0. The number of aromatic nitrogens is 5. The van der Waals surface area contributed by atoms with Gasteiger partial charge in [-0.25, -0.2) is 15.0 Å². The van der Waals surface area contributed by atoms with Gasteiger partial charge in [-0.2, -0.15) is 4.98 Å². The minimum absolute atomic E-state index is 0.0581. The lowest BCUT2D eigenvalue weighted by Gasteiger charge is -2.27. The van der Waals surface area contributed by atoms with E-state index in [1.807, 2.05) is 23.1 Å². The van der Waals surface area contributed by atoms with Crippen molar-refractivity contribution in [3.63, 3.8) is 0 Å². The van der Waals surface area contributed by atoms with Crippen LogP contribution in [0.25, 0.3) is 22.3 Å². The lowest BCUT2D eigenvalue weighted by Crippen LogP contribution is -2.40. The van der Waals surface area contributed by atoms with Gasteiger partial charge in [0.15, 0.2) is 5.65 Å². The lowest BCUT2D eigenvalue weighted by molar-refractivity contribution is 0.0303. The molecule has 0 atom stereocenters. The van der Waals surface area contributed by atoms with Crippen molar-refractivity contribution >= 4 is 34.7 Å². The number of anilines is 2. The zero-order valence-electron chi connectivity index (χ0n) is 21.3. The number of rotatable bonds is 5. The first kappa shape index (κ1) is 24.9. The van der Waals surface area contributed by atoms with Gasteiger partial charge in [-0.3, -0.25) is 14.2 Å². The van der Waals surface area contributed by atoms with Crippen molar-refractivity contribution in [2.75, 3.05) is 63.2 Å². The molecule has 0 saturated carbocycles. The highest BCUT2D eigenvalue weighted by Crippen LogP contribution is 2.29. The predicted molar refractivity (Wildman–Crippen MR) is 143 cm³/mol. The third-order valence-corrected chi connectivity index (χ3v) is 6.87. The van der Waals surface area contributed by atoms with Crippen LogP contribution in [0.1, 0.15) is 20.7 Å². The molecule has 5 heterocycles. The van der Waals surface area contributed by atoms with Crippen molar-refractivity contribution < 1.29 is 19.1 Å². The summed E-state index contributed by atoms with van der Waals surface area (Å²) in [4.78, 5) is 48.2. The second-order valence-electron chi connectivity index (χ2n) is 9.40. The first-order valence-electron chi connectivity index (χ1n) is 12.9. The number of carbonyl (C=O) groups is 2. The van der Waals surface area contributed by atoms with Crippen molar-refractivity contribution in [1.82, 2.24) is 29.4 Å². The van der Waals surface area contributed by atoms with E-state index in [9.17, 15) is 9.59 Å². The van der Waals surface area contributed by atoms with Crippen LogP contribution >= 0.6 is 0 Å². The second-order valence-corrected chi connectivity index (χ2v) is 9.40. The molecule has 2 aliphatic heterocycles. The van der Waals surface area contributed by atoms with Crippen molar-refractivity contribution in [2.24, 2.45) is 0 Å². The van der Waals surface area contributed by atoms with Gasteiger partial charge in [-0.1, -0.05) is 12.1 Å². The summed E-state index contributed by atoms with van der Waals surface area (Å²) >= 11 is 0. The number of hydrogen-bond acceptors (Lipinski definition) is 10. The van der Waals surface area contributed by atoms with Gasteiger partial charge in [-0.05, 0) is 23.8 Å². The molecule has 0 unspecified atom stereocenters. The summed E-state index contributed by atoms with van der Waals surface area (Å²) < 4.78 is 12.4. The fourth-order valence-corrected chi connectivity index (χ4v) is 4.81. The van der Waals surface area contributed by atoms with Crippen molar-refractivity contribution in [1.29, 1.82) is 0 Å². The average Bonchev–Trinajstić information content (AvgIpc) is 3.42. The fraction of sp³-hybridized carbons (Fsp3) is 0.333. The summed E-state index contributed by atoms with van der Waals surface area (Å²) in [6.45, 7) is 4.60. The van der Waals surface area contributed by atoms with Crippen LogP contribution in [0.3, 0.4) is 0 Å². The van der Waals surface area contributed by atoms with Crippen molar-refractivity contribution in [3.8, 4) is 11.3 Å². The first-order chi connectivity index (χ1) is 19.1. The number of carbonyl (C=O) groups excluding carboxylic acids is 2. The quantitative estimate of drug-likeness (QED) is 0.406. The maximum atomic E-state index is 13.6. The van der Waals surface area contributed by atoms with Crippen LogP contribution in [-0.4, -0.2) is 93.8 Å². The molecule has 0 radical (unpaired) electrons. The molecule has 1 amide bonds. The molecule has 2 saturated heterocycles. The van der Waals surface area contributed by atoms with E-state index >= 15 is 0 Å². The van der Waals surface area contributed by atoms with E-state index < -0.39 is 0 Å². The first-order valence-corrected chi connectivity index (χ1v) is 12.9. The Kier molecular flexibility index (Phi) is 6.86. The van der Waals surface area contributed by atoms with Gasteiger partial charge in [0.1, 0.15) is 0 Å². The van der Waals surface area contributed by atoms with E-state index in [0.29, 0.717) is 86.4 Å². The maximum Gasteiger partial charge on any atom is 0.254 e. The van der Waals surface area contributed by atoms with Gasteiger partial charge in [0.2, 0.25) is 17.8 Å². The third-order valence-electron chi connectivity index (χ3n) is 6.87. The molecule has 2 N–H and O–H groups in total. The lowest BCUT2D eigenvalue weighted by atomic mass is 10.1. The van der Waals surface area contributed by atoms with Crippen molar-refractivity contribution in [2.45, 2.75) is 6.42 Å². The van der Waals surface area contributed by atoms with E-state index in [-0.39, 0.29) is 24.2 Å². The number of fused-ring (bicyclic) bond motifs is 1. The Hall–Kier alpha value is -4.42. The smallest absolute Gasteiger partial charge is 0.254 e. The fourth-order valence-electron chi connectivity index (χ4n) is 4.81. The van der Waals surface area contributed by atoms with Crippen LogP contribution in [0.5, 0.6) is 0 Å². The molecular weight excluding hydrogens is 500 g/mol. The van der Waals surface area contributed by atoms with E-state index in [1.54, 1.807) is 40.2 Å². The zero-order valence-corrected chi connectivity index (χ0v) is 21.3. The summed E-state index contributed by atoms with van der Waals surface area (Å²) in [6, 6.07) is 9.04. The maximum absolute atomic E-state index is 13.6. The Bertz CT molecular complexity index is 1510. The molecule has 39 heavy (non-hydrogen) atoms. The largest absolute Gasteiger partial charge is 0.378 e. The normalized spacial score (nSPS) is 16.0. The number of nitrogen functional groups attached to an aromatic ring is 1. The molecule has 12 heteroatoms. The molecular formula is C27H28N8O4. The SMILES string of the molecule is Nc1ncc(-c2nc(N3CCOCC3)nc3c2ccn3C(=O)Cc2cccc(C(=O)N3CCOCC3)c2)cn1. The summed E-state index contributed by atoms with van der Waals surface area (Å²) in [5, 5.41) is 0.699. The standard InChI is InChI=1S/C27H28N8O4/c28-26-29-16-20(17-30-26)23-21-4-5-35(24(21)32-27(31-23)34-8-12-39-13-9-34)22(36)15-18-2-1-3-19(14-18)25(37)33-6-10-38-11-7-33/h1-5,14,16-17H,6-13,15H2,(H2,28,29,30). The number of hydrogen-bond donors (Lipinski definition) is 1. The zero-order chi connectivity index (χ0) is 26.8. The number of benzene rings is 1. The Morgan fingerprint density at radius 1 is 0.923 bits per heavy atom. The van der Waals surface area contributed by atoms with Gasteiger partial charge in [0.05, 0.1) is 38.5 Å². The highest BCUT2D eigenvalue weighted by atomic mass is 16.5. The summed E-state index contributed by atoms with van der Waals surface area (Å²) in [5.41, 5.74) is 8.78. The molecule has 2 aliphatic rings. The molecule has 1 aromatic carbocycles. The Balaban J connectivity index is 1.33. The Labute approximate surface area is 224 Å². The van der Waals surface area contributed by atoms with Gasteiger partial charge < -0.3 is 25.0 Å². The molecule has 12 nitrogen and oxygen atoms in total. The van der Waals surface area contributed by atoms with E-state index in [0.717, 1.165) is 5.56 Å². The van der Waals surface area contributed by atoms with Crippen LogP contribution in [0.4, 0.5) is 11.9 Å². The molecule has 4 aromatic rings. The van der Waals surface area contributed by atoms with E-state index in [1.165, 1.54) is 0 Å². The van der Waals surface area contributed by atoms with Crippen LogP contribution in [-0.2, 0) is 15.9 Å². The number of nitrogens with two attached hydrogens (primary N) is 1. The topological polar surface area (TPSA) is 142 Å². The van der Waals surface area contributed by atoms with Crippen LogP contribution in [0.15, 0.2) is 48.9 Å². The molecule has 3 aromatic heterocycles. The molecule has 6 rings (SSSR count). The van der Waals surface area contributed by atoms with Gasteiger partial charge in [-0.15, -0.1) is 0 Å². The summed E-state index contributed by atoms with van der Waals surface area (Å²) in [5.74, 6) is 0.437. The van der Waals surface area contributed by atoms with Crippen molar-refractivity contribution in [3.05, 3.63) is 60.0 Å². The minimum Gasteiger partial charge on any atom is -0.378 e. The minimum atomic E-state index is -0.174. The monoisotopic (exact) mass is 528 g/mol. The van der Waals surface area contributed by atoms with Crippen LogP contribution in [0.2, 0.25) is 0 Å². The molecule has 2 fully saturated rings. The number of nitrogens with zero attached hydrogens (tertiary/aromatic N) is 7. The van der Waals surface area contributed by atoms with Gasteiger partial charge in [0, 0.05) is 61.3 Å². The number of ether oxygens (including phenoxy) is 2. The highest BCUT2D eigenvalue weighted by molar-refractivity contribution is 5.98. The van der Waals surface area contributed by atoms with E-state index in [4.69, 9.17) is 25.2 Å². The Morgan fingerprint density at radius 2 is 1.64 bits per heavy atom. The number of morpholine rings is 2. The predicted octanol–water partition coefficient (Wildman–Crippen LogP) is 1.66. The number of amides is 1. The van der Waals surface area contributed by atoms with Gasteiger partial charge >= 0.3 is 0 Å². The van der Waals surface area contributed by atoms with Crippen LogP contribution < -0.4 is 10.6 Å². The Morgan fingerprint density at radius 3 is 2.38 bits per heavy atom. The molecule has 0 aliphatic carbocycles. The third kappa shape index (κ3) is 5.16. The second kappa shape index (κ2) is 10.8. The van der Waals surface area contributed by atoms with Gasteiger partial charge in [0.25, 0.3) is 5.91 Å². The van der Waals surface area contributed by atoms with E-state index in [2.05, 4.69) is 9.97 Å². The summed E-state index contributed by atoms with van der Waals surface area (Å²) in [6.07, 6.45) is 5.03. The molecule has 200 valence electrons. The van der Waals surface area contributed by atoms with Crippen LogP contribution in [0, 0.1) is 0 Å². The average molecular weight is 529 g/mol. The molecule has 0 bridgehead atoms. The molecule has 0 spiro atoms. The highest BCUT2D eigenvalue weighted by Gasteiger charge is 2.22.